The van der Waals surface area contributed by atoms with Crippen LogP contribution in [0.4, 0.5) is 5.69 Å². The molecule has 0 fully saturated rings. The van der Waals surface area contributed by atoms with Gasteiger partial charge in [-0.15, -0.1) is 10.2 Å². The first kappa shape index (κ1) is 16.2. The van der Waals surface area contributed by atoms with Crippen LogP contribution >= 0.6 is 0 Å². The average Bonchev–Trinajstić information content (AvgIpc) is 2.68. The van der Waals surface area contributed by atoms with Gasteiger partial charge in [0.15, 0.2) is 5.69 Å². The summed E-state index contributed by atoms with van der Waals surface area (Å²) in [5.41, 5.74) is 2.02. The number of carbonyl (C=O) groups excluding carboxylic acids is 2. The van der Waals surface area contributed by atoms with Crippen LogP contribution in [0.15, 0.2) is 54.9 Å². The molecular weight excluding hydrogens is 322 g/mol. The van der Waals surface area contributed by atoms with Crippen LogP contribution in [0.25, 0.3) is 11.3 Å². The number of hydrogen-bond donors (Lipinski definition) is 1. The van der Waals surface area contributed by atoms with E-state index < -0.39 is 11.9 Å². The van der Waals surface area contributed by atoms with Crippen molar-refractivity contribution in [3.8, 4) is 11.3 Å². The molecule has 2 aromatic heterocycles. The number of nitrogens with one attached hydrogen (secondary N) is 1. The molecule has 0 aliphatic rings. The number of carbonyl (C=O) groups is 2. The number of hydrogen-bond acceptors (Lipinski definition) is 7. The van der Waals surface area contributed by atoms with E-state index in [1.54, 1.807) is 54.9 Å². The van der Waals surface area contributed by atoms with Crippen molar-refractivity contribution in [1.82, 2.24) is 20.4 Å². The van der Waals surface area contributed by atoms with Gasteiger partial charge in [0.1, 0.15) is 0 Å². The molecule has 0 saturated heterocycles. The van der Waals surface area contributed by atoms with Crippen molar-refractivity contribution in [2.75, 3.05) is 12.4 Å². The lowest BCUT2D eigenvalue weighted by atomic mass is 10.1. The molecule has 0 aliphatic heterocycles. The Kier molecular flexibility index (Phi) is 4.70. The summed E-state index contributed by atoms with van der Waals surface area (Å²) >= 11 is 0. The molecule has 124 valence electrons. The lowest BCUT2D eigenvalue weighted by Crippen LogP contribution is -2.17. The second kappa shape index (κ2) is 7.26. The molecule has 0 radical (unpaired) electrons. The molecule has 1 aromatic carbocycles. The summed E-state index contributed by atoms with van der Waals surface area (Å²) in [5, 5.41) is 18.0. The predicted molar refractivity (Wildman–Crippen MR) is 88.8 cm³/mol. The Labute approximate surface area is 142 Å². The van der Waals surface area contributed by atoms with E-state index in [2.05, 4.69) is 25.7 Å². The van der Waals surface area contributed by atoms with Gasteiger partial charge in [-0.1, -0.05) is 12.1 Å². The first-order chi connectivity index (χ1) is 12.2. The normalized spacial score (nSPS) is 10.1. The van der Waals surface area contributed by atoms with Crippen LogP contribution in [-0.2, 0) is 4.74 Å². The van der Waals surface area contributed by atoms with Crippen LogP contribution in [-0.4, -0.2) is 39.4 Å². The van der Waals surface area contributed by atoms with Crippen LogP contribution in [0, 0.1) is 0 Å². The van der Waals surface area contributed by atoms with Crippen molar-refractivity contribution in [2.45, 2.75) is 0 Å². The number of benzene rings is 1. The van der Waals surface area contributed by atoms with Crippen molar-refractivity contribution in [3.63, 3.8) is 0 Å². The minimum atomic E-state index is -0.539. The molecular formula is C17H13N5O3. The Morgan fingerprint density at radius 1 is 1.00 bits per heavy atom. The maximum Gasteiger partial charge on any atom is 0.339 e. The molecule has 0 unspecified atom stereocenters. The van der Waals surface area contributed by atoms with Crippen molar-refractivity contribution in [2.24, 2.45) is 0 Å². The summed E-state index contributed by atoms with van der Waals surface area (Å²) in [6, 6.07) is 11.5. The van der Waals surface area contributed by atoms with Gasteiger partial charge in [0.05, 0.1) is 36.4 Å². The Morgan fingerprint density at radius 2 is 1.84 bits per heavy atom. The molecule has 8 heteroatoms. The van der Waals surface area contributed by atoms with Gasteiger partial charge < -0.3 is 10.1 Å². The Balaban J connectivity index is 1.80. The van der Waals surface area contributed by atoms with E-state index in [-0.39, 0.29) is 11.3 Å². The smallest absolute Gasteiger partial charge is 0.339 e. The van der Waals surface area contributed by atoms with E-state index in [1.165, 1.54) is 7.11 Å². The zero-order chi connectivity index (χ0) is 17.6. The molecule has 0 bridgehead atoms. The van der Waals surface area contributed by atoms with E-state index in [0.29, 0.717) is 11.4 Å². The number of esters is 1. The van der Waals surface area contributed by atoms with Crippen LogP contribution in [0.2, 0.25) is 0 Å². The van der Waals surface area contributed by atoms with Crippen molar-refractivity contribution in [1.29, 1.82) is 0 Å². The summed E-state index contributed by atoms with van der Waals surface area (Å²) < 4.78 is 4.70. The highest BCUT2D eigenvalue weighted by molar-refractivity contribution is 6.07. The number of ether oxygens (including phenoxy) is 1. The van der Waals surface area contributed by atoms with E-state index in [0.717, 1.165) is 5.56 Å². The summed E-state index contributed by atoms with van der Waals surface area (Å²) in [6.45, 7) is 0. The molecule has 2 heterocycles. The molecule has 25 heavy (non-hydrogen) atoms. The van der Waals surface area contributed by atoms with Gasteiger partial charge in [-0.05, 0) is 30.3 Å². The van der Waals surface area contributed by atoms with Crippen LogP contribution in [0.5, 0.6) is 0 Å². The second-order valence-corrected chi connectivity index (χ2v) is 4.93. The third-order valence-electron chi connectivity index (χ3n) is 3.36. The Bertz CT molecular complexity index is 898. The highest BCUT2D eigenvalue weighted by Gasteiger charge is 2.15. The topological polar surface area (TPSA) is 107 Å². The molecule has 3 aromatic rings. The van der Waals surface area contributed by atoms with Gasteiger partial charge in [0, 0.05) is 5.56 Å². The maximum absolute atomic E-state index is 12.3. The first-order valence-corrected chi connectivity index (χ1v) is 7.28. The summed E-state index contributed by atoms with van der Waals surface area (Å²) in [6.07, 6.45) is 3.09. The number of nitrogens with zero attached hydrogens (tertiary/aromatic N) is 4. The van der Waals surface area contributed by atoms with Gasteiger partial charge >= 0.3 is 5.97 Å². The first-order valence-electron chi connectivity index (χ1n) is 7.28. The standard InChI is InChI=1S/C17H13N5O3/c1-25-17(24)12-4-2-3-5-14(12)20-16(23)15-7-6-13(21-22-15)11-8-9-18-19-10-11/h2-10H,1H3,(H,20,23). The van der Waals surface area contributed by atoms with Crippen molar-refractivity contribution in [3.05, 3.63) is 66.1 Å². The van der Waals surface area contributed by atoms with E-state index in [1.807, 2.05) is 0 Å². The second-order valence-electron chi connectivity index (χ2n) is 4.93. The lowest BCUT2D eigenvalue weighted by molar-refractivity contribution is 0.0602. The maximum atomic E-state index is 12.3. The molecule has 0 aliphatic carbocycles. The zero-order valence-corrected chi connectivity index (χ0v) is 13.2. The van der Waals surface area contributed by atoms with Crippen LogP contribution in [0.3, 0.4) is 0 Å². The van der Waals surface area contributed by atoms with E-state index >= 15 is 0 Å². The quantitative estimate of drug-likeness (QED) is 0.726. The number of aromatic nitrogens is 4. The molecule has 0 atom stereocenters. The van der Waals surface area contributed by atoms with Gasteiger partial charge in [-0.2, -0.15) is 10.2 Å². The molecule has 0 spiro atoms. The van der Waals surface area contributed by atoms with Crippen LogP contribution < -0.4 is 5.32 Å². The predicted octanol–water partition coefficient (Wildman–Crippen LogP) is 1.97. The Morgan fingerprint density at radius 3 is 2.52 bits per heavy atom. The number of anilines is 1. The summed E-state index contributed by atoms with van der Waals surface area (Å²) in [7, 11) is 1.28. The van der Waals surface area contributed by atoms with Gasteiger partial charge in [0.2, 0.25) is 0 Å². The van der Waals surface area contributed by atoms with E-state index in [9.17, 15) is 9.59 Å². The summed E-state index contributed by atoms with van der Waals surface area (Å²) in [4.78, 5) is 24.1. The van der Waals surface area contributed by atoms with E-state index in [4.69, 9.17) is 4.74 Å². The highest BCUT2D eigenvalue weighted by Crippen LogP contribution is 2.18. The van der Waals surface area contributed by atoms with Crippen LogP contribution in [0.1, 0.15) is 20.8 Å². The third kappa shape index (κ3) is 3.63. The Hall–Kier alpha value is -3.68. The minimum absolute atomic E-state index is 0.116. The highest BCUT2D eigenvalue weighted by atomic mass is 16.5. The fourth-order valence-electron chi connectivity index (χ4n) is 2.12. The fraction of sp³-hybridized carbons (Fsp3) is 0.0588. The van der Waals surface area contributed by atoms with Crippen molar-refractivity contribution >= 4 is 17.6 Å². The molecule has 1 amide bonds. The van der Waals surface area contributed by atoms with Gasteiger partial charge in [-0.25, -0.2) is 4.79 Å². The van der Waals surface area contributed by atoms with Crippen molar-refractivity contribution < 1.29 is 14.3 Å². The number of rotatable bonds is 4. The molecule has 1 N–H and O–H groups in total. The lowest BCUT2D eigenvalue weighted by Gasteiger charge is -2.09. The third-order valence-corrected chi connectivity index (χ3v) is 3.36. The fourth-order valence-corrected chi connectivity index (χ4v) is 2.12. The van der Waals surface area contributed by atoms with Gasteiger partial charge in [0.25, 0.3) is 5.91 Å². The average molecular weight is 335 g/mol. The van der Waals surface area contributed by atoms with Gasteiger partial charge in [-0.3, -0.25) is 4.79 Å². The minimum Gasteiger partial charge on any atom is -0.465 e. The number of para-hydroxylation sites is 1. The number of amides is 1. The zero-order valence-electron chi connectivity index (χ0n) is 13.2. The molecule has 8 nitrogen and oxygen atoms in total. The number of methoxy groups -OCH3 is 1. The SMILES string of the molecule is COC(=O)c1ccccc1NC(=O)c1ccc(-c2ccnnc2)nn1. The largest absolute Gasteiger partial charge is 0.465 e. The monoisotopic (exact) mass is 335 g/mol. The molecule has 3 rings (SSSR count). The molecule has 0 saturated carbocycles. The summed E-state index contributed by atoms with van der Waals surface area (Å²) in [5.74, 6) is -1.02.